The van der Waals surface area contributed by atoms with Crippen LogP contribution in [0, 0.1) is 5.92 Å². The first-order valence-electron chi connectivity index (χ1n) is 9.06. The second kappa shape index (κ2) is 6.34. The quantitative estimate of drug-likeness (QED) is 0.866. The van der Waals surface area contributed by atoms with E-state index >= 15 is 0 Å². The third kappa shape index (κ3) is 2.87. The highest BCUT2D eigenvalue weighted by atomic mass is 16.2. The lowest BCUT2D eigenvalue weighted by molar-refractivity contribution is 0.315. The Morgan fingerprint density at radius 3 is 2.61 bits per heavy atom. The Kier molecular flexibility index (Phi) is 4.06. The van der Waals surface area contributed by atoms with Crippen LogP contribution in [0.25, 0.3) is 0 Å². The van der Waals surface area contributed by atoms with Crippen LogP contribution in [0.2, 0.25) is 0 Å². The van der Waals surface area contributed by atoms with Gasteiger partial charge in [-0.1, -0.05) is 62.4 Å². The number of aryl methyl sites for hydroxylation is 2. The summed E-state index contributed by atoms with van der Waals surface area (Å²) in [6.07, 6.45) is 9.76. The van der Waals surface area contributed by atoms with E-state index in [-0.39, 0.29) is 11.7 Å². The van der Waals surface area contributed by atoms with Crippen LogP contribution in [0.1, 0.15) is 62.4 Å². The van der Waals surface area contributed by atoms with Gasteiger partial charge in [0.25, 0.3) is 0 Å². The Balaban J connectivity index is 1.52. The molecule has 1 aromatic carbocycles. The van der Waals surface area contributed by atoms with Gasteiger partial charge in [0, 0.05) is 13.0 Å². The fraction of sp³-hybridized carbons (Fsp3) is 0.579. The Bertz CT molecular complexity index is 710. The molecule has 2 aromatic rings. The monoisotopic (exact) mass is 311 g/mol. The molecule has 1 fully saturated rings. The molecule has 2 aliphatic rings. The van der Waals surface area contributed by atoms with Gasteiger partial charge >= 0.3 is 5.69 Å². The smallest absolute Gasteiger partial charge is 0.271 e. The normalized spacial score (nSPS) is 21.5. The topological polar surface area (TPSA) is 39.8 Å². The number of aromatic nitrogens is 3. The lowest BCUT2D eigenvalue weighted by atomic mass is 9.87. The Morgan fingerprint density at radius 1 is 1.04 bits per heavy atom. The number of benzene rings is 1. The molecule has 2 heterocycles. The molecule has 1 aromatic heterocycles. The van der Waals surface area contributed by atoms with Gasteiger partial charge in [0.15, 0.2) is 0 Å². The maximum absolute atomic E-state index is 12.8. The Morgan fingerprint density at radius 2 is 1.83 bits per heavy atom. The molecule has 0 bridgehead atoms. The standard InChI is InChI=1S/C19H25N3O/c23-19-21(14-13-15-7-3-1-4-8-15)20-18-12-11-17(22(18)19)16-9-5-2-6-10-16/h2,5-6,9-10,15,17H,1,3-4,7-8,11-14H2/t17-/m0/s1. The van der Waals surface area contributed by atoms with Crippen molar-refractivity contribution in [2.24, 2.45) is 5.92 Å². The second-order valence-corrected chi connectivity index (χ2v) is 7.05. The number of nitrogens with zero attached hydrogens (tertiary/aromatic N) is 3. The second-order valence-electron chi connectivity index (χ2n) is 7.05. The molecule has 1 aliphatic heterocycles. The highest BCUT2D eigenvalue weighted by Gasteiger charge is 2.28. The van der Waals surface area contributed by atoms with Crippen molar-refractivity contribution in [2.45, 2.75) is 64.0 Å². The molecular weight excluding hydrogens is 286 g/mol. The predicted octanol–water partition coefficient (Wildman–Crippen LogP) is 3.55. The summed E-state index contributed by atoms with van der Waals surface area (Å²) in [5, 5.41) is 4.62. The summed E-state index contributed by atoms with van der Waals surface area (Å²) in [4.78, 5) is 12.8. The van der Waals surface area contributed by atoms with Crippen LogP contribution in [0.4, 0.5) is 0 Å². The van der Waals surface area contributed by atoms with E-state index in [1.165, 1.54) is 37.7 Å². The molecule has 0 N–H and O–H groups in total. The van der Waals surface area contributed by atoms with Gasteiger partial charge in [-0.3, -0.25) is 4.57 Å². The zero-order valence-electron chi connectivity index (χ0n) is 13.7. The first kappa shape index (κ1) is 14.7. The highest BCUT2D eigenvalue weighted by molar-refractivity contribution is 5.22. The molecule has 1 aliphatic carbocycles. The minimum atomic E-state index is 0.0853. The maximum Gasteiger partial charge on any atom is 0.346 e. The average Bonchev–Trinajstić information content (AvgIpc) is 3.15. The van der Waals surface area contributed by atoms with Gasteiger partial charge in [0.05, 0.1) is 6.04 Å². The van der Waals surface area contributed by atoms with Crippen LogP contribution in [0.5, 0.6) is 0 Å². The minimum absolute atomic E-state index is 0.0853. The van der Waals surface area contributed by atoms with Crippen molar-refractivity contribution in [1.29, 1.82) is 0 Å². The fourth-order valence-corrected chi connectivity index (χ4v) is 4.26. The number of hydrogen-bond donors (Lipinski definition) is 0. The van der Waals surface area contributed by atoms with E-state index in [0.717, 1.165) is 37.5 Å². The summed E-state index contributed by atoms with van der Waals surface area (Å²) in [7, 11) is 0. The van der Waals surface area contributed by atoms with E-state index in [1.807, 2.05) is 22.8 Å². The van der Waals surface area contributed by atoms with Crippen LogP contribution in [-0.2, 0) is 13.0 Å². The Hall–Kier alpha value is -1.84. The van der Waals surface area contributed by atoms with E-state index in [4.69, 9.17) is 0 Å². The maximum atomic E-state index is 12.8. The largest absolute Gasteiger partial charge is 0.346 e. The summed E-state index contributed by atoms with van der Waals surface area (Å²) in [5.74, 6) is 1.75. The van der Waals surface area contributed by atoms with Crippen LogP contribution in [0.15, 0.2) is 35.1 Å². The van der Waals surface area contributed by atoms with Crippen LogP contribution < -0.4 is 5.69 Å². The first-order chi connectivity index (χ1) is 11.3. The number of hydrogen-bond acceptors (Lipinski definition) is 2. The molecule has 4 rings (SSSR count). The van der Waals surface area contributed by atoms with Crippen LogP contribution in [-0.4, -0.2) is 14.3 Å². The van der Waals surface area contributed by atoms with Gasteiger partial charge in [-0.15, -0.1) is 0 Å². The molecule has 0 unspecified atom stereocenters. The van der Waals surface area contributed by atoms with E-state index in [9.17, 15) is 4.79 Å². The summed E-state index contributed by atoms with van der Waals surface area (Å²) in [5.41, 5.74) is 1.31. The Labute approximate surface area is 137 Å². The highest BCUT2D eigenvalue weighted by Crippen LogP contribution is 2.29. The van der Waals surface area contributed by atoms with Gasteiger partial charge in [0.2, 0.25) is 0 Å². The molecule has 0 saturated heterocycles. The molecule has 4 nitrogen and oxygen atoms in total. The van der Waals surface area contributed by atoms with Crippen molar-refractivity contribution in [3.8, 4) is 0 Å². The van der Waals surface area contributed by atoms with E-state index in [1.54, 1.807) is 4.68 Å². The van der Waals surface area contributed by atoms with Crippen molar-refractivity contribution < 1.29 is 0 Å². The third-order valence-electron chi connectivity index (χ3n) is 5.55. The lowest BCUT2D eigenvalue weighted by Crippen LogP contribution is -2.28. The third-order valence-corrected chi connectivity index (χ3v) is 5.55. The molecular formula is C19H25N3O. The lowest BCUT2D eigenvalue weighted by Gasteiger charge is -2.21. The van der Waals surface area contributed by atoms with Crippen molar-refractivity contribution in [1.82, 2.24) is 14.3 Å². The zero-order chi connectivity index (χ0) is 15.6. The van der Waals surface area contributed by atoms with Crippen molar-refractivity contribution in [3.05, 3.63) is 52.2 Å². The summed E-state index contributed by atoms with van der Waals surface area (Å²) < 4.78 is 3.65. The van der Waals surface area contributed by atoms with E-state index in [0.29, 0.717) is 0 Å². The van der Waals surface area contributed by atoms with Gasteiger partial charge in [-0.25, -0.2) is 9.48 Å². The zero-order valence-corrected chi connectivity index (χ0v) is 13.7. The van der Waals surface area contributed by atoms with Gasteiger partial charge in [-0.05, 0) is 24.3 Å². The number of rotatable bonds is 4. The van der Waals surface area contributed by atoms with Gasteiger partial charge < -0.3 is 0 Å². The van der Waals surface area contributed by atoms with Gasteiger partial charge in [0.1, 0.15) is 5.82 Å². The number of fused-ring (bicyclic) bond motifs is 1. The first-order valence-corrected chi connectivity index (χ1v) is 9.06. The molecule has 122 valence electrons. The van der Waals surface area contributed by atoms with Crippen molar-refractivity contribution in [3.63, 3.8) is 0 Å². The molecule has 1 saturated carbocycles. The molecule has 0 radical (unpaired) electrons. The molecule has 0 spiro atoms. The molecule has 23 heavy (non-hydrogen) atoms. The van der Waals surface area contributed by atoms with Crippen molar-refractivity contribution >= 4 is 0 Å². The summed E-state index contributed by atoms with van der Waals surface area (Å²) >= 11 is 0. The van der Waals surface area contributed by atoms with Crippen molar-refractivity contribution in [2.75, 3.05) is 0 Å². The molecule has 1 atom stereocenters. The predicted molar refractivity (Wildman–Crippen MR) is 90.6 cm³/mol. The molecule has 0 amide bonds. The average molecular weight is 311 g/mol. The van der Waals surface area contributed by atoms with Crippen LogP contribution >= 0.6 is 0 Å². The minimum Gasteiger partial charge on any atom is -0.271 e. The van der Waals surface area contributed by atoms with E-state index in [2.05, 4.69) is 17.2 Å². The summed E-state index contributed by atoms with van der Waals surface area (Å²) in [6.45, 7) is 0.783. The fourth-order valence-electron chi connectivity index (χ4n) is 4.26. The van der Waals surface area contributed by atoms with Gasteiger partial charge in [-0.2, -0.15) is 5.10 Å². The molecule has 4 heteroatoms. The SMILES string of the molecule is O=c1n(CCC2CCCCC2)nc2n1[C@H](c1ccccc1)CC2. The van der Waals surface area contributed by atoms with Crippen LogP contribution in [0.3, 0.4) is 0 Å². The van der Waals surface area contributed by atoms with E-state index < -0.39 is 0 Å². The summed E-state index contributed by atoms with van der Waals surface area (Å²) in [6, 6.07) is 10.5.